The predicted molar refractivity (Wildman–Crippen MR) is 143 cm³/mol. The van der Waals surface area contributed by atoms with E-state index in [1.54, 1.807) is 25.0 Å². The Kier molecular flexibility index (Phi) is 10.5. The van der Waals surface area contributed by atoms with Crippen LogP contribution in [0.1, 0.15) is 63.4 Å². The second-order valence-corrected chi connectivity index (χ2v) is 9.60. The second-order valence-electron chi connectivity index (χ2n) is 9.60. The lowest BCUT2D eigenvalue weighted by atomic mass is 10.1. The van der Waals surface area contributed by atoms with Gasteiger partial charge in [-0.3, -0.25) is 18.7 Å². The fraction of sp³-hybridized carbons (Fsp3) is 0.556. The van der Waals surface area contributed by atoms with E-state index in [2.05, 4.69) is 10.3 Å². The van der Waals surface area contributed by atoms with Gasteiger partial charge in [0.05, 0.1) is 12.4 Å². The third-order valence-corrected chi connectivity index (χ3v) is 6.69. The van der Waals surface area contributed by atoms with Gasteiger partial charge in [-0.15, -0.1) is 0 Å². The van der Waals surface area contributed by atoms with Crippen molar-refractivity contribution in [2.45, 2.75) is 76.8 Å². The van der Waals surface area contributed by atoms with Crippen LogP contribution in [-0.2, 0) is 31.9 Å². The van der Waals surface area contributed by atoms with Crippen molar-refractivity contribution in [3.8, 4) is 0 Å². The first-order valence-corrected chi connectivity index (χ1v) is 13.1. The van der Waals surface area contributed by atoms with Gasteiger partial charge in [-0.25, -0.2) is 9.78 Å². The molecule has 0 aliphatic rings. The summed E-state index contributed by atoms with van der Waals surface area (Å²) in [5, 5.41) is 2.95. The zero-order valence-corrected chi connectivity index (χ0v) is 21.6. The maximum atomic E-state index is 12.7. The molecule has 1 unspecified atom stereocenters. The van der Waals surface area contributed by atoms with Crippen LogP contribution in [0.3, 0.4) is 0 Å². The van der Waals surface area contributed by atoms with E-state index in [0.717, 1.165) is 50.5 Å². The number of hydrogen-bond donors (Lipinski definition) is 2. The molecule has 9 heteroatoms. The second kappa shape index (κ2) is 13.8. The number of unbranched alkanes of at least 4 members (excludes halogenated alkanes) is 8. The standard InChI is InChI=1S/C27H40N6O3/c1-31-20-30-24-23(31)26(35)33(27(36)32(24)2)18-14-9-7-5-3-4-6-8-13-17-29-25(34)22(28)19-21-15-11-10-12-16-21/h10-12,15-16,20,22H,3-9,13-14,17-19,28H2,1-2H3,(H,29,34). The zero-order valence-electron chi connectivity index (χ0n) is 21.6. The van der Waals surface area contributed by atoms with Crippen molar-refractivity contribution in [1.29, 1.82) is 0 Å². The first kappa shape index (κ1) is 27.4. The molecule has 0 aliphatic carbocycles. The molecule has 0 radical (unpaired) electrons. The van der Waals surface area contributed by atoms with E-state index in [1.807, 2.05) is 30.3 Å². The SMILES string of the molecule is Cn1cnc2c1c(=O)n(CCCCCCCCCCCNC(=O)C(N)Cc1ccccc1)c(=O)n2C. The summed E-state index contributed by atoms with van der Waals surface area (Å²) < 4.78 is 4.45. The molecule has 0 spiro atoms. The van der Waals surface area contributed by atoms with Crippen molar-refractivity contribution < 1.29 is 4.79 Å². The average molecular weight is 497 g/mol. The van der Waals surface area contributed by atoms with Gasteiger partial charge < -0.3 is 15.6 Å². The number of fused-ring (bicyclic) bond motifs is 1. The topological polar surface area (TPSA) is 117 Å². The van der Waals surface area contributed by atoms with E-state index in [1.165, 1.54) is 22.0 Å². The van der Waals surface area contributed by atoms with E-state index in [0.29, 0.717) is 30.7 Å². The van der Waals surface area contributed by atoms with Crippen molar-refractivity contribution in [2.75, 3.05) is 6.54 Å². The highest BCUT2D eigenvalue weighted by Crippen LogP contribution is 2.10. The smallest absolute Gasteiger partial charge is 0.332 e. The first-order chi connectivity index (χ1) is 17.4. The summed E-state index contributed by atoms with van der Waals surface area (Å²) in [4.78, 5) is 41.5. The minimum absolute atomic E-state index is 0.0841. The van der Waals surface area contributed by atoms with Crippen LogP contribution in [0, 0.1) is 0 Å². The van der Waals surface area contributed by atoms with Crippen molar-refractivity contribution >= 4 is 17.1 Å². The third-order valence-electron chi connectivity index (χ3n) is 6.69. The van der Waals surface area contributed by atoms with Gasteiger partial charge in [0, 0.05) is 27.2 Å². The number of aromatic nitrogens is 4. The minimum Gasteiger partial charge on any atom is -0.355 e. The predicted octanol–water partition coefficient (Wildman–Crippen LogP) is 2.63. The van der Waals surface area contributed by atoms with E-state index in [9.17, 15) is 14.4 Å². The maximum absolute atomic E-state index is 12.7. The van der Waals surface area contributed by atoms with Gasteiger partial charge >= 0.3 is 5.69 Å². The summed E-state index contributed by atoms with van der Waals surface area (Å²) >= 11 is 0. The summed E-state index contributed by atoms with van der Waals surface area (Å²) in [5.41, 5.74) is 7.41. The molecule has 9 nitrogen and oxygen atoms in total. The number of carbonyl (C=O) groups excluding carboxylic acids is 1. The van der Waals surface area contributed by atoms with E-state index >= 15 is 0 Å². The highest BCUT2D eigenvalue weighted by molar-refractivity contribution is 5.81. The molecular formula is C27H40N6O3. The van der Waals surface area contributed by atoms with Gasteiger partial charge in [0.2, 0.25) is 5.91 Å². The molecule has 1 atom stereocenters. The lowest BCUT2D eigenvalue weighted by molar-refractivity contribution is -0.122. The lowest BCUT2D eigenvalue weighted by Gasteiger charge is -2.12. The number of nitrogens with zero attached hydrogens (tertiary/aromatic N) is 4. The van der Waals surface area contributed by atoms with Crippen LogP contribution in [0.25, 0.3) is 11.2 Å². The number of benzene rings is 1. The molecule has 0 saturated heterocycles. The highest BCUT2D eigenvalue weighted by atomic mass is 16.2. The number of hydrogen-bond acceptors (Lipinski definition) is 5. The Morgan fingerprint density at radius 2 is 1.56 bits per heavy atom. The normalized spacial score (nSPS) is 12.2. The van der Waals surface area contributed by atoms with Gasteiger partial charge in [0.15, 0.2) is 11.2 Å². The number of carbonyl (C=O) groups is 1. The zero-order chi connectivity index (χ0) is 25.9. The number of nitrogens with two attached hydrogens (primary N) is 1. The van der Waals surface area contributed by atoms with Gasteiger partial charge in [-0.2, -0.15) is 0 Å². The molecule has 196 valence electrons. The van der Waals surface area contributed by atoms with Crippen LogP contribution in [0.2, 0.25) is 0 Å². The van der Waals surface area contributed by atoms with Crippen molar-refractivity contribution in [3.05, 3.63) is 63.1 Å². The fourth-order valence-electron chi connectivity index (χ4n) is 4.53. The first-order valence-electron chi connectivity index (χ1n) is 13.1. The summed E-state index contributed by atoms with van der Waals surface area (Å²) in [6.45, 7) is 1.11. The summed E-state index contributed by atoms with van der Waals surface area (Å²) in [6, 6.07) is 9.33. The molecule has 0 bridgehead atoms. The number of aryl methyl sites for hydroxylation is 2. The Labute approximate surface area is 212 Å². The van der Waals surface area contributed by atoms with Gasteiger partial charge in [-0.05, 0) is 24.8 Å². The van der Waals surface area contributed by atoms with Crippen molar-refractivity contribution in [1.82, 2.24) is 24.0 Å². The van der Waals surface area contributed by atoms with Crippen LogP contribution in [0.15, 0.2) is 46.2 Å². The highest BCUT2D eigenvalue weighted by Gasteiger charge is 2.15. The molecule has 3 rings (SSSR count). The number of nitrogens with one attached hydrogen (secondary N) is 1. The summed E-state index contributed by atoms with van der Waals surface area (Å²) in [6.07, 6.45) is 11.7. The monoisotopic (exact) mass is 496 g/mol. The molecule has 2 heterocycles. The van der Waals surface area contributed by atoms with Crippen LogP contribution >= 0.6 is 0 Å². The average Bonchev–Trinajstić information content (AvgIpc) is 3.27. The molecule has 3 aromatic rings. The van der Waals surface area contributed by atoms with Gasteiger partial charge in [-0.1, -0.05) is 75.3 Å². The van der Waals surface area contributed by atoms with Crippen molar-refractivity contribution in [2.24, 2.45) is 19.8 Å². The van der Waals surface area contributed by atoms with E-state index in [4.69, 9.17) is 5.73 Å². The molecule has 1 aromatic carbocycles. The largest absolute Gasteiger partial charge is 0.355 e. The third kappa shape index (κ3) is 7.40. The quantitative estimate of drug-likeness (QED) is 0.314. The number of imidazole rings is 1. The van der Waals surface area contributed by atoms with Crippen LogP contribution in [-0.4, -0.2) is 37.2 Å². The summed E-state index contributed by atoms with van der Waals surface area (Å²) in [5.74, 6) is -0.0841. The van der Waals surface area contributed by atoms with E-state index in [-0.39, 0.29) is 17.2 Å². The molecule has 1 amide bonds. The fourth-order valence-corrected chi connectivity index (χ4v) is 4.53. The Bertz CT molecular complexity index is 1230. The summed E-state index contributed by atoms with van der Waals surface area (Å²) in [7, 11) is 3.42. The Balaban J connectivity index is 1.21. The molecule has 36 heavy (non-hydrogen) atoms. The van der Waals surface area contributed by atoms with Gasteiger partial charge in [0.1, 0.15) is 0 Å². The molecule has 3 N–H and O–H groups in total. The maximum Gasteiger partial charge on any atom is 0.332 e. The Morgan fingerprint density at radius 1 is 0.944 bits per heavy atom. The number of rotatable bonds is 15. The van der Waals surface area contributed by atoms with Crippen LogP contribution < -0.4 is 22.3 Å². The molecular weight excluding hydrogens is 456 g/mol. The Hall–Kier alpha value is -3.20. The minimum atomic E-state index is -0.507. The molecule has 0 saturated carbocycles. The lowest BCUT2D eigenvalue weighted by Crippen LogP contribution is -2.42. The molecule has 2 aromatic heterocycles. The van der Waals surface area contributed by atoms with Crippen LogP contribution in [0.4, 0.5) is 0 Å². The molecule has 0 fully saturated rings. The number of amides is 1. The van der Waals surface area contributed by atoms with E-state index < -0.39 is 6.04 Å². The molecule has 0 aliphatic heterocycles. The van der Waals surface area contributed by atoms with Crippen LogP contribution in [0.5, 0.6) is 0 Å². The van der Waals surface area contributed by atoms with Gasteiger partial charge in [0.25, 0.3) is 5.56 Å². The van der Waals surface area contributed by atoms with Crippen molar-refractivity contribution in [3.63, 3.8) is 0 Å². The Morgan fingerprint density at radius 3 is 2.22 bits per heavy atom.